The number of fused-ring (bicyclic) bond motifs is 1. The molecular weight excluding hydrogens is 430 g/mol. The highest BCUT2D eigenvalue weighted by atomic mass is 16.7. The summed E-state index contributed by atoms with van der Waals surface area (Å²) in [6.45, 7) is 7.26. The number of ether oxygens (including phenoxy) is 4. The molecule has 2 amide bonds. The monoisotopic (exact) mass is 461 g/mol. The van der Waals surface area contributed by atoms with Gasteiger partial charge in [0, 0.05) is 60.3 Å². The van der Waals surface area contributed by atoms with E-state index in [2.05, 4.69) is 15.3 Å². The summed E-state index contributed by atoms with van der Waals surface area (Å²) >= 11 is 0. The first-order valence-corrected chi connectivity index (χ1v) is 10.2. The van der Waals surface area contributed by atoms with Gasteiger partial charge in [0.2, 0.25) is 23.4 Å². The van der Waals surface area contributed by atoms with E-state index in [0.717, 1.165) is 11.3 Å². The number of aryl methyl sites for hydroxylation is 1. The topological polar surface area (TPSA) is 115 Å². The molecule has 0 spiro atoms. The summed E-state index contributed by atoms with van der Waals surface area (Å²) in [5.74, 6) is 1.48. The molecule has 3 rings (SSSR count). The molecule has 180 valence electrons. The van der Waals surface area contributed by atoms with Crippen LogP contribution in [0.3, 0.4) is 0 Å². The molecule has 0 unspecified atom stereocenters. The number of carbonyl (C=O) groups is 2. The first-order chi connectivity index (χ1) is 15.3. The van der Waals surface area contributed by atoms with E-state index in [0.29, 0.717) is 29.1 Å². The predicted octanol–water partition coefficient (Wildman–Crippen LogP) is 3.13. The largest absolute Gasteiger partial charge is 0.449 e. The molecule has 0 atom stereocenters. The van der Waals surface area contributed by atoms with Crippen molar-refractivity contribution in [1.29, 1.82) is 0 Å². The summed E-state index contributed by atoms with van der Waals surface area (Å²) in [4.78, 5) is 34.2. The molecule has 1 N–H and O–H groups in total. The van der Waals surface area contributed by atoms with E-state index in [1.165, 1.54) is 11.9 Å². The maximum atomic E-state index is 11.5. The van der Waals surface area contributed by atoms with Crippen LogP contribution in [0.2, 0.25) is 0 Å². The van der Waals surface area contributed by atoms with Gasteiger partial charge in [-0.2, -0.15) is 4.98 Å². The van der Waals surface area contributed by atoms with Crippen molar-refractivity contribution >= 4 is 18.1 Å². The highest BCUT2D eigenvalue weighted by Crippen LogP contribution is 2.45. The third kappa shape index (κ3) is 6.61. The minimum Gasteiger partial charge on any atom is -0.449 e. The summed E-state index contributed by atoms with van der Waals surface area (Å²) in [5, 5.41) is 2.37. The molecule has 0 saturated carbocycles. The predicted molar refractivity (Wildman–Crippen MR) is 122 cm³/mol. The van der Waals surface area contributed by atoms with E-state index in [-0.39, 0.29) is 0 Å². The molecule has 11 heteroatoms. The van der Waals surface area contributed by atoms with Gasteiger partial charge in [0.25, 0.3) is 0 Å². The normalized spacial score (nSPS) is 12.8. The van der Waals surface area contributed by atoms with E-state index in [9.17, 15) is 9.59 Å². The maximum absolute atomic E-state index is 11.5. The SMILES string of the molecule is CNC(=O)Oc1cccc2c1OC(C)(C)O2.Cc1nc(N(C)C)nc(OC(=O)N(C)C)c1C. The number of anilines is 1. The lowest BCUT2D eigenvalue weighted by molar-refractivity contribution is -0.0438. The summed E-state index contributed by atoms with van der Waals surface area (Å²) in [6, 6.07) is 5.15. The number of carbonyl (C=O) groups excluding carboxylic acids is 2. The van der Waals surface area contributed by atoms with E-state index in [1.807, 2.05) is 27.9 Å². The molecule has 1 aliphatic rings. The van der Waals surface area contributed by atoms with Crippen LogP contribution in [0.1, 0.15) is 25.1 Å². The Morgan fingerprint density at radius 3 is 2.27 bits per heavy atom. The van der Waals surface area contributed by atoms with Crippen molar-refractivity contribution in [1.82, 2.24) is 20.2 Å². The van der Waals surface area contributed by atoms with Crippen LogP contribution in [0.25, 0.3) is 0 Å². The van der Waals surface area contributed by atoms with Gasteiger partial charge in [-0.25, -0.2) is 14.6 Å². The molecule has 2 heterocycles. The molecule has 0 bridgehead atoms. The van der Waals surface area contributed by atoms with Crippen LogP contribution in [-0.4, -0.2) is 68.1 Å². The summed E-state index contributed by atoms with van der Waals surface area (Å²) in [7, 11) is 8.41. The van der Waals surface area contributed by atoms with E-state index < -0.39 is 18.0 Å². The van der Waals surface area contributed by atoms with Crippen LogP contribution in [0.5, 0.6) is 23.1 Å². The average Bonchev–Trinajstić information content (AvgIpc) is 3.06. The molecule has 1 aromatic carbocycles. The summed E-state index contributed by atoms with van der Waals surface area (Å²) in [6.07, 6.45) is -0.988. The van der Waals surface area contributed by atoms with Crippen LogP contribution in [0.15, 0.2) is 18.2 Å². The minimum atomic E-state index is -0.732. The summed E-state index contributed by atoms with van der Waals surface area (Å²) in [5.41, 5.74) is 1.57. The zero-order valence-electron chi connectivity index (χ0n) is 20.5. The third-order valence-corrected chi connectivity index (χ3v) is 4.34. The van der Waals surface area contributed by atoms with Gasteiger partial charge < -0.3 is 34.1 Å². The Bertz CT molecular complexity index is 1020. The second kappa shape index (κ2) is 10.2. The number of hydrogen-bond donors (Lipinski definition) is 1. The van der Waals surface area contributed by atoms with Crippen molar-refractivity contribution in [3.8, 4) is 23.1 Å². The number of hydrogen-bond acceptors (Lipinski definition) is 9. The molecule has 2 aromatic rings. The Hall–Kier alpha value is -3.76. The average molecular weight is 462 g/mol. The number of nitrogens with one attached hydrogen (secondary N) is 1. The lowest BCUT2D eigenvalue weighted by Crippen LogP contribution is -2.30. The van der Waals surface area contributed by atoms with Gasteiger partial charge in [-0.05, 0) is 26.0 Å². The fraction of sp³-hybridized carbons (Fsp3) is 0.455. The quantitative estimate of drug-likeness (QED) is 0.736. The molecule has 0 radical (unpaired) electrons. The fourth-order valence-corrected chi connectivity index (χ4v) is 2.50. The van der Waals surface area contributed by atoms with Gasteiger partial charge in [0.05, 0.1) is 0 Å². The molecule has 33 heavy (non-hydrogen) atoms. The Kier molecular flexibility index (Phi) is 7.91. The van der Waals surface area contributed by atoms with Crippen LogP contribution >= 0.6 is 0 Å². The highest BCUT2D eigenvalue weighted by Gasteiger charge is 2.34. The fourth-order valence-electron chi connectivity index (χ4n) is 2.50. The van der Waals surface area contributed by atoms with Gasteiger partial charge in [0.1, 0.15) is 0 Å². The van der Waals surface area contributed by atoms with Crippen LogP contribution in [-0.2, 0) is 0 Å². The Labute approximate surface area is 193 Å². The molecule has 1 aliphatic heterocycles. The van der Waals surface area contributed by atoms with E-state index >= 15 is 0 Å². The molecule has 1 aromatic heterocycles. The molecule has 11 nitrogen and oxygen atoms in total. The van der Waals surface area contributed by atoms with Gasteiger partial charge in [-0.1, -0.05) is 6.07 Å². The number of rotatable bonds is 3. The number of nitrogens with zero attached hydrogens (tertiary/aromatic N) is 4. The molecule has 0 fully saturated rings. The lowest BCUT2D eigenvalue weighted by Gasteiger charge is -2.16. The maximum Gasteiger partial charge on any atom is 0.416 e. The third-order valence-electron chi connectivity index (χ3n) is 4.34. The highest BCUT2D eigenvalue weighted by molar-refractivity contribution is 5.72. The van der Waals surface area contributed by atoms with Crippen LogP contribution in [0.4, 0.5) is 15.5 Å². The Morgan fingerprint density at radius 1 is 1.03 bits per heavy atom. The van der Waals surface area contributed by atoms with E-state index in [1.54, 1.807) is 51.0 Å². The molecular formula is C22H31N5O6. The molecule has 0 aliphatic carbocycles. The first-order valence-electron chi connectivity index (χ1n) is 10.2. The second-order valence-electron chi connectivity index (χ2n) is 8.02. The zero-order chi connectivity index (χ0) is 24.9. The second-order valence-corrected chi connectivity index (χ2v) is 8.02. The van der Waals surface area contributed by atoms with Gasteiger partial charge in [-0.15, -0.1) is 0 Å². The Balaban J connectivity index is 0.000000234. The Morgan fingerprint density at radius 2 is 1.70 bits per heavy atom. The number of benzene rings is 1. The smallest absolute Gasteiger partial charge is 0.416 e. The van der Waals surface area contributed by atoms with Crippen molar-refractivity contribution in [3.63, 3.8) is 0 Å². The molecule has 0 saturated heterocycles. The lowest BCUT2D eigenvalue weighted by atomic mass is 10.2. The summed E-state index contributed by atoms with van der Waals surface area (Å²) < 4.78 is 21.3. The van der Waals surface area contributed by atoms with Crippen molar-refractivity contribution in [3.05, 3.63) is 29.5 Å². The van der Waals surface area contributed by atoms with Crippen LogP contribution in [0, 0.1) is 13.8 Å². The van der Waals surface area contributed by atoms with Crippen molar-refractivity contribution in [2.75, 3.05) is 40.1 Å². The van der Waals surface area contributed by atoms with Gasteiger partial charge in [-0.3, -0.25) is 0 Å². The number of amides is 2. The first kappa shape index (κ1) is 25.5. The zero-order valence-corrected chi connectivity index (χ0v) is 20.5. The van der Waals surface area contributed by atoms with Gasteiger partial charge >= 0.3 is 12.2 Å². The number of para-hydroxylation sites is 1. The standard InChI is InChI=1S/C11H18N4O2.C11H13NO4/c1-7-8(2)12-10(14(3)4)13-9(7)17-11(16)15(5)6;1-11(2)15-8-6-4-5-7(9(8)16-11)14-10(13)12-3/h1-6H3;4-6H,1-3H3,(H,12,13). The van der Waals surface area contributed by atoms with Crippen molar-refractivity contribution in [2.45, 2.75) is 33.5 Å². The van der Waals surface area contributed by atoms with Crippen molar-refractivity contribution < 1.29 is 28.5 Å². The van der Waals surface area contributed by atoms with Crippen LogP contribution < -0.4 is 29.2 Å². The van der Waals surface area contributed by atoms with E-state index in [4.69, 9.17) is 18.9 Å². The minimum absolute atomic E-state index is 0.305. The van der Waals surface area contributed by atoms with Crippen molar-refractivity contribution in [2.24, 2.45) is 0 Å². The van der Waals surface area contributed by atoms with Gasteiger partial charge in [0.15, 0.2) is 11.5 Å². The number of aromatic nitrogens is 2.